The highest BCUT2D eigenvalue weighted by atomic mass is 16.1. The monoisotopic (exact) mass is 291 g/mol. The van der Waals surface area contributed by atoms with Crippen LogP contribution in [0.1, 0.15) is 18.3 Å². The average Bonchev–Trinajstić information content (AvgIpc) is 2.55. The maximum Gasteiger partial charge on any atom is 0.229 e. The van der Waals surface area contributed by atoms with Crippen molar-refractivity contribution < 1.29 is 4.79 Å². The minimum absolute atomic E-state index is 0.0721. The summed E-state index contributed by atoms with van der Waals surface area (Å²) in [5.41, 5.74) is 1.01. The highest BCUT2D eigenvalue weighted by molar-refractivity contribution is 5.95. The minimum atomic E-state index is -0.0721. The molecule has 4 heteroatoms. The van der Waals surface area contributed by atoms with E-state index in [2.05, 4.69) is 27.4 Å². The number of nitrogens with zero attached hydrogens (tertiary/aromatic N) is 2. The molecule has 0 saturated heterocycles. The second-order valence-corrected chi connectivity index (χ2v) is 5.07. The number of nitrogens with one attached hydrogen (secondary N) is 1. The van der Waals surface area contributed by atoms with Gasteiger partial charge in [0.05, 0.1) is 6.42 Å². The van der Waals surface area contributed by atoms with Gasteiger partial charge in [-0.15, -0.1) is 0 Å². The molecule has 4 nitrogen and oxygen atoms in total. The highest BCUT2D eigenvalue weighted by Crippen LogP contribution is 2.19. The number of rotatable bonds is 4. The molecule has 0 aliphatic heterocycles. The summed E-state index contributed by atoms with van der Waals surface area (Å²) >= 11 is 0. The molecule has 1 amide bonds. The van der Waals surface area contributed by atoms with Crippen LogP contribution in [-0.4, -0.2) is 15.9 Å². The first kappa shape index (κ1) is 14.2. The van der Waals surface area contributed by atoms with Crippen molar-refractivity contribution >= 4 is 22.5 Å². The lowest BCUT2D eigenvalue weighted by Crippen LogP contribution is -2.16. The number of benzene rings is 2. The smallest absolute Gasteiger partial charge is 0.229 e. The highest BCUT2D eigenvalue weighted by Gasteiger charge is 2.08. The third-order valence-corrected chi connectivity index (χ3v) is 3.52. The summed E-state index contributed by atoms with van der Waals surface area (Å²) in [5.74, 6) is 1.21. The van der Waals surface area contributed by atoms with Gasteiger partial charge in [-0.25, -0.2) is 9.97 Å². The van der Waals surface area contributed by atoms with E-state index in [9.17, 15) is 4.79 Å². The second-order valence-electron chi connectivity index (χ2n) is 5.07. The van der Waals surface area contributed by atoms with Crippen molar-refractivity contribution in [2.24, 2.45) is 0 Å². The van der Waals surface area contributed by atoms with Gasteiger partial charge in [0.1, 0.15) is 11.6 Å². The van der Waals surface area contributed by atoms with Crippen LogP contribution in [0, 0.1) is 0 Å². The molecule has 0 aliphatic rings. The number of aryl methyl sites for hydroxylation is 1. The van der Waals surface area contributed by atoms with Gasteiger partial charge < -0.3 is 5.32 Å². The predicted octanol–water partition coefficient (Wildman–Crippen LogP) is 3.37. The number of aromatic nitrogens is 2. The molecule has 1 aromatic heterocycles. The molecule has 0 spiro atoms. The first-order valence-electron chi connectivity index (χ1n) is 7.34. The Bertz CT molecular complexity index is 809. The molecular formula is C18H17N3O. The van der Waals surface area contributed by atoms with Crippen LogP contribution in [0.5, 0.6) is 0 Å². The second kappa shape index (κ2) is 6.35. The van der Waals surface area contributed by atoms with Crippen LogP contribution in [0.3, 0.4) is 0 Å². The Morgan fingerprint density at radius 2 is 1.91 bits per heavy atom. The largest absolute Gasteiger partial charge is 0.310 e. The molecule has 0 atom stereocenters. The van der Waals surface area contributed by atoms with Crippen molar-refractivity contribution in [1.29, 1.82) is 0 Å². The summed E-state index contributed by atoms with van der Waals surface area (Å²) in [6.07, 6.45) is 2.74. The molecule has 1 heterocycles. The van der Waals surface area contributed by atoms with Crippen molar-refractivity contribution in [2.75, 3.05) is 5.32 Å². The number of hydrogen-bond acceptors (Lipinski definition) is 3. The average molecular weight is 291 g/mol. The first-order valence-corrected chi connectivity index (χ1v) is 7.34. The summed E-state index contributed by atoms with van der Waals surface area (Å²) in [5, 5.41) is 5.09. The number of hydrogen-bond donors (Lipinski definition) is 1. The molecule has 2 aromatic carbocycles. The zero-order valence-corrected chi connectivity index (χ0v) is 12.4. The molecule has 0 aliphatic carbocycles. The fourth-order valence-corrected chi connectivity index (χ4v) is 2.45. The van der Waals surface area contributed by atoms with Crippen LogP contribution in [-0.2, 0) is 17.6 Å². The summed E-state index contributed by atoms with van der Waals surface area (Å²) < 4.78 is 0. The van der Waals surface area contributed by atoms with E-state index in [4.69, 9.17) is 0 Å². The Kier molecular flexibility index (Phi) is 4.10. The summed E-state index contributed by atoms with van der Waals surface area (Å²) in [6.45, 7) is 1.98. The summed E-state index contributed by atoms with van der Waals surface area (Å²) in [4.78, 5) is 20.7. The van der Waals surface area contributed by atoms with E-state index in [1.165, 1.54) is 0 Å². The topological polar surface area (TPSA) is 54.9 Å². The number of fused-ring (bicyclic) bond motifs is 1. The molecule has 110 valence electrons. The molecule has 0 bridgehead atoms. The van der Waals surface area contributed by atoms with Gasteiger partial charge in [-0.1, -0.05) is 49.4 Å². The normalized spacial score (nSPS) is 10.6. The minimum Gasteiger partial charge on any atom is -0.310 e. The van der Waals surface area contributed by atoms with Gasteiger partial charge in [0.25, 0.3) is 0 Å². The van der Waals surface area contributed by atoms with Crippen molar-refractivity contribution in [1.82, 2.24) is 9.97 Å². The number of anilines is 1. The molecule has 3 rings (SSSR count). The number of carbonyl (C=O) groups is 1. The molecule has 0 radical (unpaired) electrons. The van der Waals surface area contributed by atoms with E-state index in [0.29, 0.717) is 12.2 Å². The Labute approximate surface area is 129 Å². The summed E-state index contributed by atoms with van der Waals surface area (Å²) in [6, 6.07) is 15.8. The van der Waals surface area contributed by atoms with E-state index in [-0.39, 0.29) is 5.91 Å². The first-order chi connectivity index (χ1) is 10.8. The third kappa shape index (κ3) is 3.11. The van der Waals surface area contributed by atoms with Gasteiger partial charge in [-0.3, -0.25) is 4.79 Å². The Hall–Kier alpha value is -2.75. The van der Waals surface area contributed by atoms with Crippen LogP contribution in [0.15, 0.2) is 54.7 Å². The van der Waals surface area contributed by atoms with E-state index in [0.717, 1.165) is 28.6 Å². The molecule has 0 fully saturated rings. The lowest BCUT2D eigenvalue weighted by atomic mass is 10.0. The van der Waals surface area contributed by atoms with Crippen molar-refractivity contribution in [2.45, 2.75) is 19.8 Å². The van der Waals surface area contributed by atoms with Gasteiger partial charge in [0.15, 0.2) is 0 Å². The fraction of sp³-hybridized carbons (Fsp3) is 0.167. The maximum atomic E-state index is 12.3. The van der Waals surface area contributed by atoms with Gasteiger partial charge >= 0.3 is 0 Å². The standard InChI is InChI=1S/C18H17N3O/c1-2-16-19-11-10-17(20-16)21-18(22)12-14-8-5-7-13-6-3-4-9-15(13)14/h3-11H,2,12H2,1H3,(H,19,20,21,22). The van der Waals surface area contributed by atoms with Crippen LogP contribution in [0.25, 0.3) is 10.8 Å². The molecule has 0 unspecified atom stereocenters. The van der Waals surface area contributed by atoms with Crippen LogP contribution >= 0.6 is 0 Å². The fourth-order valence-electron chi connectivity index (χ4n) is 2.45. The van der Waals surface area contributed by atoms with Gasteiger partial charge in [-0.05, 0) is 22.4 Å². The van der Waals surface area contributed by atoms with Crippen molar-refractivity contribution in [3.63, 3.8) is 0 Å². The number of carbonyl (C=O) groups excluding carboxylic acids is 1. The molecular weight excluding hydrogens is 274 g/mol. The number of amides is 1. The maximum absolute atomic E-state index is 12.3. The SMILES string of the molecule is CCc1nccc(NC(=O)Cc2cccc3ccccc23)n1. The predicted molar refractivity (Wildman–Crippen MR) is 87.7 cm³/mol. The lowest BCUT2D eigenvalue weighted by Gasteiger charge is -2.08. The van der Waals surface area contributed by atoms with Crippen molar-refractivity contribution in [3.8, 4) is 0 Å². The lowest BCUT2D eigenvalue weighted by molar-refractivity contribution is -0.115. The van der Waals surface area contributed by atoms with Crippen LogP contribution in [0.2, 0.25) is 0 Å². The van der Waals surface area contributed by atoms with Gasteiger partial charge in [0, 0.05) is 12.6 Å². The molecule has 22 heavy (non-hydrogen) atoms. The van der Waals surface area contributed by atoms with Crippen molar-refractivity contribution in [3.05, 3.63) is 66.1 Å². The molecule has 1 N–H and O–H groups in total. The third-order valence-electron chi connectivity index (χ3n) is 3.52. The van der Waals surface area contributed by atoms with Gasteiger partial charge in [0.2, 0.25) is 5.91 Å². The Morgan fingerprint density at radius 1 is 1.09 bits per heavy atom. The van der Waals surface area contributed by atoms with E-state index in [1.54, 1.807) is 12.3 Å². The quantitative estimate of drug-likeness (QED) is 0.801. The Balaban J connectivity index is 1.78. The molecule has 3 aromatic rings. The Morgan fingerprint density at radius 3 is 2.77 bits per heavy atom. The summed E-state index contributed by atoms with van der Waals surface area (Å²) in [7, 11) is 0. The van der Waals surface area contributed by atoms with E-state index < -0.39 is 0 Å². The van der Waals surface area contributed by atoms with Crippen LogP contribution in [0.4, 0.5) is 5.82 Å². The molecule has 0 saturated carbocycles. The zero-order chi connectivity index (χ0) is 15.4. The van der Waals surface area contributed by atoms with E-state index >= 15 is 0 Å². The van der Waals surface area contributed by atoms with Gasteiger partial charge in [-0.2, -0.15) is 0 Å². The van der Waals surface area contributed by atoms with Crippen LogP contribution < -0.4 is 5.32 Å². The zero-order valence-electron chi connectivity index (χ0n) is 12.4. The van der Waals surface area contributed by atoms with E-state index in [1.807, 2.05) is 37.3 Å².